The van der Waals surface area contributed by atoms with Gasteiger partial charge in [-0.05, 0) is 12.1 Å². The van der Waals surface area contributed by atoms with E-state index >= 15 is 0 Å². The van der Waals surface area contributed by atoms with E-state index in [1.165, 1.54) is 6.07 Å². The summed E-state index contributed by atoms with van der Waals surface area (Å²) < 4.78 is 24.0. The van der Waals surface area contributed by atoms with Crippen molar-refractivity contribution in [2.75, 3.05) is 13.2 Å². The largest absolute Gasteiger partial charge is 0.486 e. The average molecular weight is 233 g/mol. The molecule has 1 heterocycles. The smallest absolute Gasteiger partial charge is 0.197 e. The third-order valence-corrected chi connectivity index (χ3v) is 2.02. The molecule has 0 fully saturated rings. The molecule has 0 bridgehead atoms. The third kappa shape index (κ3) is 1.27. The van der Waals surface area contributed by atoms with E-state index in [4.69, 9.17) is 9.47 Å². The highest BCUT2D eigenvalue weighted by atomic mass is 79.9. The third-order valence-electron chi connectivity index (χ3n) is 1.56. The fourth-order valence-electron chi connectivity index (χ4n) is 1.08. The Balaban J connectivity index is 2.53. The minimum absolute atomic E-state index is 0.212. The van der Waals surface area contributed by atoms with Crippen LogP contribution in [-0.2, 0) is 0 Å². The number of hydrogen-bond acceptors (Lipinski definition) is 2. The van der Waals surface area contributed by atoms with E-state index in [1.54, 1.807) is 6.07 Å². The Labute approximate surface area is 77.4 Å². The van der Waals surface area contributed by atoms with Crippen LogP contribution in [0.1, 0.15) is 0 Å². The second kappa shape index (κ2) is 2.94. The molecule has 0 spiro atoms. The summed E-state index contributed by atoms with van der Waals surface area (Å²) in [6.45, 7) is 0.883. The average Bonchev–Trinajstić information content (AvgIpc) is 2.04. The maximum atomic E-state index is 13.1. The highest BCUT2D eigenvalue weighted by Gasteiger charge is 2.16. The predicted molar refractivity (Wildman–Crippen MR) is 45.1 cm³/mol. The molecule has 1 aromatic carbocycles. The number of halogens is 2. The van der Waals surface area contributed by atoms with Gasteiger partial charge in [-0.15, -0.1) is 0 Å². The molecule has 0 aliphatic carbocycles. The summed E-state index contributed by atoms with van der Waals surface area (Å²) >= 11 is 3.17. The lowest BCUT2D eigenvalue weighted by Crippen LogP contribution is -2.16. The Kier molecular flexibility index (Phi) is 1.92. The molecule has 12 heavy (non-hydrogen) atoms. The van der Waals surface area contributed by atoms with Crippen molar-refractivity contribution in [2.24, 2.45) is 0 Å². The molecule has 0 amide bonds. The molecular weight excluding hydrogens is 227 g/mol. The van der Waals surface area contributed by atoms with Gasteiger partial charge in [-0.1, -0.05) is 15.9 Å². The molecule has 2 rings (SSSR count). The zero-order valence-electron chi connectivity index (χ0n) is 6.14. The molecule has 0 radical (unpaired) electrons. The summed E-state index contributed by atoms with van der Waals surface area (Å²) in [7, 11) is 0. The first-order valence-corrected chi connectivity index (χ1v) is 4.31. The fourth-order valence-corrected chi connectivity index (χ4v) is 1.49. The fraction of sp³-hybridized carbons (Fsp3) is 0.250. The van der Waals surface area contributed by atoms with Crippen LogP contribution in [0.15, 0.2) is 16.6 Å². The van der Waals surface area contributed by atoms with Crippen molar-refractivity contribution in [3.05, 3.63) is 22.4 Å². The lowest BCUT2D eigenvalue weighted by atomic mass is 10.3. The van der Waals surface area contributed by atoms with Crippen molar-refractivity contribution in [1.82, 2.24) is 0 Å². The van der Waals surface area contributed by atoms with Crippen LogP contribution in [0.5, 0.6) is 11.5 Å². The van der Waals surface area contributed by atoms with Crippen LogP contribution >= 0.6 is 15.9 Å². The van der Waals surface area contributed by atoms with Crippen LogP contribution in [0.2, 0.25) is 0 Å². The molecule has 2 nitrogen and oxygen atoms in total. The lowest BCUT2D eigenvalue weighted by Gasteiger charge is -2.18. The number of ether oxygens (including phenoxy) is 2. The van der Waals surface area contributed by atoms with Crippen molar-refractivity contribution in [2.45, 2.75) is 0 Å². The summed E-state index contributed by atoms with van der Waals surface area (Å²) in [6.07, 6.45) is 0. The SMILES string of the molecule is Fc1cc(Br)cc2c1OCCO2. The van der Waals surface area contributed by atoms with E-state index in [0.717, 1.165) is 0 Å². The van der Waals surface area contributed by atoms with Crippen LogP contribution in [0.3, 0.4) is 0 Å². The van der Waals surface area contributed by atoms with Gasteiger partial charge in [0.25, 0.3) is 0 Å². The van der Waals surface area contributed by atoms with Crippen LogP contribution in [0.4, 0.5) is 4.39 Å². The van der Waals surface area contributed by atoms with Crippen LogP contribution in [0.25, 0.3) is 0 Å². The van der Waals surface area contributed by atoms with Crippen LogP contribution in [-0.4, -0.2) is 13.2 Å². The monoisotopic (exact) mass is 232 g/mol. The molecule has 0 saturated carbocycles. The Morgan fingerprint density at radius 3 is 2.83 bits per heavy atom. The second-order valence-corrected chi connectivity index (χ2v) is 3.33. The quantitative estimate of drug-likeness (QED) is 0.684. The Hall–Kier alpha value is -0.770. The maximum Gasteiger partial charge on any atom is 0.197 e. The zero-order chi connectivity index (χ0) is 8.55. The first-order valence-electron chi connectivity index (χ1n) is 3.52. The highest BCUT2D eigenvalue weighted by Crippen LogP contribution is 2.35. The number of rotatable bonds is 0. The van der Waals surface area contributed by atoms with Gasteiger partial charge in [-0.25, -0.2) is 4.39 Å². The van der Waals surface area contributed by atoms with Gasteiger partial charge in [0.05, 0.1) is 0 Å². The van der Waals surface area contributed by atoms with Gasteiger partial charge >= 0.3 is 0 Å². The minimum Gasteiger partial charge on any atom is -0.486 e. The van der Waals surface area contributed by atoms with Crippen molar-refractivity contribution in [3.63, 3.8) is 0 Å². The molecule has 1 aromatic rings. The molecule has 1 aliphatic rings. The first-order chi connectivity index (χ1) is 5.77. The molecule has 0 N–H and O–H groups in total. The Bertz CT molecular complexity index is 314. The molecule has 0 atom stereocenters. The Morgan fingerprint density at radius 2 is 2.00 bits per heavy atom. The lowest BCUT2D eigenvalue weighted by molar-refractivity contribution is 0.164. The minimum atomic E-state index is -0.390. The van der Waals surface area contributed by atoms with Gasteiger partial charge in [0.1, 0.15) is 13.2 Å². The van der Waals surface area contributed by atoms with E-state index in [1.807, 2.05) is 0 Å². The van der Waals surface area contributed by atoms with Crippen molar-refractivity contribution in [3.8, 4) is 11.5 Å². The van der Waals surface area contributed by atoms with E-state index in [9.17, 15) is 4.39 Å². The van der Waals surface area contributed by atoms with E-state index in [2.05, 4.69) is 15.9 Å². The topological polar surface area (TPSA) is 18.5 Å². The van der Waals surface area contributed by atoms with Gasteiger partial charge in [0.2, 0.25) is 0 Å². The van der Waals surface area contributed by atoms with Gasteiger partial charge in [0, 0.05) is 4.47 Å². The summed E-state index contributed by atoms with van der Waals surface area (Å²) in [5.41, 5.74) is 0. The van der Waals surface area contributed by atoms with E-state index < -0.39 is 0 Å². The summed E-state index contributed by atoms with van der Waals surface area (Å²) in [4.78, 5) is 0. The number of benzene rings is 1. The van der Waals surface area contributed by atoms with Gasteiger partial charge in [0.15, 0.2) is 17.3 Å². The van der Waals surface area contributed by atoms with Crippen LogP contribution in [0, 0.1) is 5.82 Å². The summed E-state index contributed by atoms with van der Waals surface area (Å²) in [5.74, 6) is 0.289. The van der Waals surface area contributed by atoms with Gasteiger partial charge in [-0.2, -0.15) is 0 Å². The van der Waals surface area contributed by atoms with E-state index in [0.29, 0.717) is 23.4 Å². The molecule has 0 unspecified atom stereocenters. The molecule has 1 aliphatic heterocycles. The van der Waals surface area contributed by atoms with Gasteiger partial charge < -0.3 is 9.47 Å². The highest BCUT2D eigenvalue weighted by molar-refractivity contribution is 9.10. The molecule has 0 aromatic heterocycles. The summed E-state index contributed by atoms with van der Waals surface area (Å²) in [6, 6.07) is 3.05. The first kappa shape index (κ1) is 7.86. The zero-order valence-corrected chi connectivity index (χ0v) is 7.73. The normalized spacial score (nSPS) is 14.5. The summed E-state index contributed by atoms with van der Waals surface area (Å²) in [5, 5.41) is 0. The van der Waals surface area contributed by atoms with E-state index in [-0.39, 0.29) is 11.6 Å². The standard InChI is InChI=1S/C8H6BrFO2/c9-5-3-6(10)8-7(4-5)11-1-2-12-8/h3-4H,1-2H2. The molecule has 0 saturated heterocycles. The van der Waals surface area contributed by atoms with Crippen LogP contribution < -0.4 is 9.47 Å². The maximum absolute atomic E-state index is 13.1. The number of fused-ring (bicyclic) bond motifs is 1. The molecule has 4 heteroatoms. The number of hydrogen-bond donors (Lipinski definition) is 0. The van der Waals surface area contributed by atoms with Gasteiger partial charge in [-0.3, -0.25) is 0 Å². The van der Waals surface area contributed by atoms with Crippen molar-refractivity contribution >= 4 is 15.9 Å². The predicted octanol–water partition coefficient (Wildman–Crippen LogP) is 2.36. The Morgan fingerprint density at radius 1 is 1.25 bits per heavy atom. The van der Waals surface area contributed by atoms with Crippen molar-refractivity contribution in [1.29, 1.82) is 0 Å². The molecular formula is C8H6BrFO2. The van der Waals surface area contributed by atoms with Crippen molar-refractivity contribution < 1.29 is 13.9 Å². The molecule has 64 valence electrons. The second-order valence-electron chi connectivity index (χ2n) is 2.41.